The van der Waals surface area contributed by atoms with Gasteiger partial charge >= 0.3 is 0 Å². The molecule has 0 fully saturated rings. The van der Waals surface area contributed by atoms with E-state index in [1.54, 1.807) is 23.1 Å². The van der Waals surface area contributed by atoms with E-state index >= 15 is 0 Å². The molecule has 0 aliphatic carbocycles. The zero-order valence-corrected chi connectivity index (χ0v) is 17.9. The molecule has 0 bridgehead atoms. The fourth-order valence-corrected chi connectivity index (χ4v) is 4.50. The molecule has 1 aliphatic heterocycles. The number of aryl methyl sites for hydroxylation is 1. The summed E-state index contributed by atoms with van der Waals surface area (Å²) in [4.78, 5) is 22.7. The zero-order valence-electron chi connectivity index (χ0n) is 17.9. The van der Waals surface area contributed by atoms with Crippen molar-refractivity contribution in [2.24, 2.45) is 7.05 Å². The van der Waals surface area contributed by atoms with Crippen LogP contribution in [0.3, 0.4) is 0 Å². The fraction of sp³-hybridized carbons (Fsp3) is 0.292. The van der Waals surface area contributed by atoms with Crippen LogP contribution in [0.5, 0.6) is 0 Å². The predicted octanol–water partition coefficient (Wildman–Crippen LogP) is 2.89. The molecule has 0 saturated carbocycles. The van der Waals surface area contributed by atoms with Gasteiger partial charge in [-0.25, -0.2) is 4.39 Å². The SMILES string of the molecule is Cn1cc2c(n1)[C@H](C(=O)NCCc1c[nH]c3ccc(F)cc13)CN(Cc1ccncc1)C2. The van der Waals surface area contributed by atoms with Crippen molar-refractivity contribution in [3.8, 4) is 0 Å². The molecule has 3 aromatic heterocycles. The lowest BCUT2D eigenvalue weighted by Gasteiger charge is -2.31. The highest BCUT2D eigenvalue weighted by Crippen LogP contribution is 2.28. The molecular formula is C24H25FN6O. The van der Waals surface area contributed by atoms with Crippen LogP contribution in [0.4, 0.5) is 4.39 Å². The first-order valence-corrected chi connectivity index (χ1v) is 10.7. The number of amides is 1. The molecule has 1 aliphatic rings. The highest BCUT2D eigenvalue weighted by molar-refractivity contribution is 5.85. The van der Waals surface area contributed by atoms with Gasteiger partial charge in [-0.1, -0.05) is 0 Å². The van der Waals surface area contributed by atoms with Gasteiger partial charge in [-0.3, -0.25) is 19.4 Å². The van der Waals surface area contributed by atoms with Gasteiger partial charge in [-0.05, 0) is 47.9 Å². The number of fused-ring (bicyclic) bond motifs is 2. The summed E-state index contributed by atoms with van der Waals surface area (Å²) in [6, 6.07) is 8.70. The molecule has 2 N–H and O–H groups in total. The molecule has 1 aromatic carbocycles. The van der Waals surface area contributed by atoms with E-state index in [0.29, 0.717) is 19.5 Å². The summed E-state index contributed by atoms with van der Waals surface area (Å²) in [5.41, 5.74) is 4.98. The maximum absolute atomic E-state index is 13.6. The molecule has 5 rings (SSSR count). The van der Waals surface area contributed by atoms with Crippen molar-refractivity contribution in [2.75, 3.05) is 13.1 Å². The lowest BCUT2D eigenvalue weighted by Crippen LogP contribution is -2.41. The van der Waals surface area contributed by atoms with Crippen molar-refractivity contribution in [3.63, 3.8) is 0 Å². The van der Waals surface area contributed by atoms with E-state index in [1.807, 2.05) is 31.6 Å². The number of H-pyrrole nitrogens is 1. The van der Waals surface area contributed by atoms with E-state index < -0.39 is 0 Å². The largest absolute Gasteiger partial charge is 0.361 e. The highest BCUT2D eigenvalue weighted by atomic mass is 19.1. The summed E-state index contributed by atoms with van der Waals surface area (Å²) >= 11 is 0. The van der Waals surface area contributed by atoms with Gasteiger partial charge in [0.05, 0.1) is 11.6 Å². The van der Waals surface area contributed by atoms with E-state index in [4.69, 9.17) is 0 Å². The second-order valence-corrected chi connectivity index (χ2v) is 8.34. The first-order valence-electron chi connectivity index (χ1n) is 10.7. The van der Waals surface area contributed by atoms with Crippen LogP contribution in [-0.2, 0) is 31.4 Å². The van der Waals surface area contributed by atoms with E-state index in [1.165, 1.54) is 12.1 Å². The second kappa shape index (κ2) is 8.55. The number of nitrogens with one attached hydrogen (secondary N) is 2. The number of hydrogen-bond donors (Lipinski definition) is 2. The van der Waals surface area contributed by atoms with Gasteiger partial charge in [-0.2, -0.15) is 5.10 Å². The number of aromatic amines is 1. The molecule has 0 saturated heterocycles. The summed E-state index contributed by atoms with van der Waals surface area (Å²) < 4.78 is 15.4. The van der Waals surface area contributed by atoms with Crippen molar-refractivity contribution >= 4 is 16.8 Å². The molecule has 7 nitrogen and oxygen atoms in total. The topological polar surface area (TPSA) is 78.8 Å². The Hall–Kier alpha value is -3.52. The van der Waals surface area contributed by atoms with E-state index in [2.05, 4.69) is 25.3 Å². The minimum atomic E-state index is -0.331. The van der Waals surface area contributed by atoms with E-state index in [-0.39, 0.29) is 17.6 Å². The molecule has 164 valence electrons. The van der Waals surface area contributed by atoms with Crippen molar-refractivity contribution in [2.45, 2.75) is 25.4 Å². The van der Waals surface area contributed by atoms with Gasteiger partial charge in [0.2, 0.25) is 5.91 Å². The van der Waals surface area contributed by atoms with Gasteiger partial charge in [0, 0.05) is 74.5 Å². The molecule has 8 heteroatoms. The summed E-state index contributed by atoms with van der Waals surface area (Å²) in [5, 5.41) is 8.50. The number of nitrogens with zero attached hydrogens (tertiary/aromatic N) is 4. The molecule has 0 unspecified atom stereocenters. The first-order chi connectivity index (χ1) is 15.6. The number of benzene rings is 1. The maximum atomic E-state index is 13.6. The van der Waals surface area contributed by atoms with Crippen LogP contribution in [-0.4, -0.2) is 43.6 Å². The Bertz CT molecular complexity index is 1250. The van der Waals surface area contributed by atoms with Crippen molar-refractivity contribution in [3.05, 3.63) is 83.3 Å². The lowest BCUT2D eigenvalue weighted by atomic mass is 9.95. The number of carbonyl (C=O) groups is 1. The average molecular weight is 433 g/mol. The number of hydrogen-bond acceptors (Lipinski definition) is 4. The lowest BCUT2D eigenvalue weighted by molar-refractivity contribution is -0.123. The molecule has 32 heavy (non-hydrogen) atoms. The number of carbonyl (C=O) groups excluding carboxylic acids is 1. The van der Waals surface area contributed by atoms with Gasteiger partial charge in [-0.15, -0.1) is 0 Å². The van der Waals surface area contributed by atoms with E-state index in [9.17, 15) is 9.18 Å². The monoisotopic (exact) mass is 432 g/mol. The molecule has 4 aromatic rings. The summed E-state index contributed by atoms with van der Waals surface area (Å²) in [5.74, 6) is -0.626. The predicted molar refractivity (Wildman–Crippen MR) is 119 cm³/mol. The molecule has 0 radical (unpaired) electrons. The molecule has 1 amide bonds. The summed E-state index contributed by atoms with van der Waals surface area (Å²) in [6.45, 7) is 2.60. The summed E-state index contributed by atoms with van der Waals surface area (Å²) in [7, 11) is 1.89. The third-order valence-electron chi connectivity index (χ3n) is 6.00. The van der Waals surface area contributed by atoms with Crippen molar-refractivity contribution in [1.29, 1.82) is 0 Å². The Morgan fingerprint density at radius 1 is 1.28 bits per heavy atom. The van der Waals surface area contributed by atoms with Crippen molar-refractivity contribution < 1.29 is 9.18 Å². The van der Waals surface area contributed by atoms with Crippen LogP contribution in [0.1, 0.15) is 28.3 Å². The first kappa shape index (κ1) is 20.4. The Labute approximate surface area is 185 Å². The summed E-state index contributed by atoms with van der Waals surface area (Å²) in [6.07, 6.45) is 8.07. The van der Waals surface area contributed by atoms with Gasteiger partial charge in [0.1, 0.15) is 5.82 Å². The number of halogens is 1. The Morgan fingerprint density at radius 2 is 2.12 bits per heavy atom. The minimum Gasteiger partial charge on any atom is -0.361 e. The number of rotatable bonds is 6. The van der Waals surface area contributed by atoms with Crippen LogP contribution >= 0.6 is 0 Å². The van der Waals surface area contributed by atoms with Crippen LogP contribution in [0.25, 0.3) is 10.9 Å². The standard InChI is InChI=1S/C24H25FN6O/c1-30-13-18-14-31(12-16-4-7-26-8-5-16)15-21(23(18)29-30)24(32)27-9-6-17-11-28-22-3-2-19(25)10-20(17)22/h2-5,7-8,10-11,13,21,28H,6,9,12,14-15H2,1H3,(H,27,32)/t21-/m1/s1. The Balaban J connectivity index is 1.27. The third-order valence-corrected chi connectivity index (χ3v) is 6.00. The molecule has 1 atom stereocenters. The molecule has 0 spiro atoms. The normalized spacial score (nSPS) is 16.2. The maximum Gasteiger partial charge on any atom is 0.230 e. The highest BCUT2D eigenvalue weighted by Gasteiger charge is 2.33. The number of pyridine rings is 1. The van der Waals surface area contributed by atoms with Crippen LogP contribution in [0.15, 0.2) is 55.1 Å². The minimum absolute atomic E-state index is 0.0320. The van der Waals surface area contributed by atoms with Crippen LogP contribution in [0.2, 0.25) is 0 Å². The van der Waals surface area contributed by atoms with Gasteiger partial charge in [0.25, 0.3) is 0 Å². The third kappa shape index (κ3) is 4.13. The average Bonchev–Trinajstić information content (AvgIpc) is 3.36. The Kier molecular flexibility index (Phi) is 5.45. The van der Waals surface area contributed by atoms with Crippen LogP contribution in [0, 0.1) is 5.82 Å². The quantitative estimate of drug-likeness (QED) is 0.491. The Morgan fingerprint density at radius 3 is 2.97 bits per heavy atom. The molecule has 4 heterocycles. The number of aromatic nitrogens is 4. The second-order valence-electron chi connectivity index (χ2n) is 8.34. The zero-order chi connectivity index (χ0) is 22.1. The van der Waals surface area contributed by atoms with E-state index in [0.717, 1.165) is 46.4 Å². The smallest absolute Gasteiger partial charge is 0.230 e. The fourth-order valence-electron chi connectivity index (χ4n) is 4.50. The molecular weight excluding hydrogens is 407 g/mol. The van der Waals surface area contributed by atoms with Gasteiger partial charge in [0.15, 0.2) is 0 Å². The van der Waals surface area contributed by atoms with Gasteiger partial charge < -0.3 is 10.3 Å². The van der Waals surface area contributed by atoms with Crippen LogP contribution < -0.4 is 5.32 Å². The van der Waals surface area contributed by atoms with Crippen molar-refractivity contribution in [1.82, 2.24) is 30.0 Å².